The Morgan fingerprint density at radius 2 is 1.43 bits per heavy atom. The summed E-state index contributed by atoms with van der Waals surface area (Å²) in [4.78, 5) is 11.7. The van der Waals surface area contributed by atoms with E-state index >= 15 is 0 Å². The average molecular weight is 371 g/mol. The SMILES string of the molecule is CS(=O)(=O)c1ccc(C(Br)(C=O)c2ccc(F)cc2)cc1. The van der Waals surface area contributed by atoms with Crippen LogP contribution in [0.25, 0.3) is 0 Å². The first-order valence-electron chi connectivity index (χ1n) is 5.99. The van der Waals surface area contributed by atoms with Gasteiger partial charge < -0.3 is 4.79 Å². The van der Waals surface area contributed by atoms with Crippen LogP contribution in [0, 0.1) is 5.82 Å². The van der Waals surface area contributed by atoms with Gasteiger partial charge in [-0.25, -0.2) is 12.8 Å². The summed E-state index contributed by atoms with van der Waals surface area (Å²) >= 11 is 3.36. The number of rotatable bonds is 4. The van der Waals surface area contributed by atoms with Crippen molar-refractivity contribution in [2.75, 3.05) is 6.26 Å². The Labute approximate surface area is 130 Å². The molecule has 1 unspecified atom stereocenters. The molecule has 3 nitrogen and oxygen atoms in total. The molecule has 0 saturated carbocycles. The van der Waals surface area contributed by atoms with Gasteiger partial charge in [-0.15, -0.1) is 0 Å². The molecule has 1 atom stereocenters. The van der Waals surface area contributed by atoms with E-state index in [0.717, 1.165) is 6.26 Å². The second kappa shape index (κ2) is 5.69. The molecule has 0 heterocycles. The van der Waals surface area contributed by atoms with Crippen LogP contribution in [0.2, 0.25) is 0 Å². The third-order valence-electron chi connectivity index (χ3n) is 3.13. The van der Waals surface area contributed by atoms with Gasteiger partial charge in [-0.05, 0) is 35.4 Å². The fraction of sp³-hybridized carbons (Fsp3) is 0.133. The Morgan fingerprint density at radius 1 is 1.00 bits per heavy atom. The Kier molecular flexibility index (Phi) is 4.30. The van der Waals surface area contributed by atoms with E-state index in [1.807, 2.05) is 0 Å². The van der Waals surface area contributed by atoms with E-state index in [9.17, 15) is 17.6 Å². The van der Waals surface area contributed by atoms with Gasteiger partial charge in [0.05, 0.1) is 4.90 Å². The number of carbonyl (C=O) groups excluding carboxylic acids is 1. The summed E-state index contributed by atoms with van der Waals surface area (Å²) in [5, 5.41) is 0. The van der Waals surface area contributed by atoms with Crippen LogP contribution in [-0.4, -0.2) is 21.0 Å². The van der Waals surface area contributed by atoms with Crippen LogP contribution in [0.4, 0.5) is 4.39 Å². The Morgan fingerprint density at radius 3 is 1.81 bits per heavy atom. The second-order valence-electron chi connectivity index (χ2n) is 4.63. The van der Waals surface area contributed by atoms with E-state index in [1.165, 1.54) is 36.4 Å². The highest BCUT2D eigenvalue weighted by molar-refractivity contribution is 9.10. The Hall–Kier alpha value is -1.53. The lowest BCUT2D eigenvalue weighted by atomic mass is 9.92. The summed E-state index contributed by atoms with van der Waals surface area (Å²) in [6, 6.07) is 11.5. The largest absolute Gasteiger partial charge is 0.301 e. The zero-order valence-electron chi connectivity index (χ0n) is 11.1. The molecule has 2 rings (SSSR count). The molecule has 21 heavy (non-hydrogen) atoms. The first kappa shape index (κ1) is 15.9. The molecule has 2 aromatic carbocycles. The van der Waals surface area contributed by atoms with Crippen molar-refractivity contribution >= 4 is 32.1 Å². The zero-order valence-corrected chi connectivity index (χ0v) is 13.5. The molecule has 0 radical (unpaired) electrons. The maximum absolute atomic E-state index is 13.0. The predicted molar refractivity (Wildman–Crippen MR) is 81.7 cm³/mol. The molecule has 0 aliphatic rings. The quantitative estimate of drug-likeness (QED) is 0.613. The van der Waals surface area contributed by atoms with Crippen LogP contribution in [0.15, 0.2) is 53.4 Å². The molecular formula is C15H12BrFO3S. The van der Waals surface area contributed by atoms with Crippen molar-refractivity contribution in [3.05, 3.63) is 65.5 Å². The second-order valence-corrected chi connectivity index (χ2v) is 7.90. The van der Waals surface area contributed by atoms with Crippen molar-refractivity contribution in [1.29, 1.82) is 0 Å². The summed E-state index contributed by atoms with van der Waals surface area (Å²) < 4.78 is 34.7. The van der Waals surface area contributed by atoms with Crippen LogP contribution in [0.1, 0.15) is 11.1 Å². The van der Waals surface area contributed by atoms with Crippen molar-refractivity contribution in [3.63, 3.8) is 0 Å². The number of sulfone groups is 1. The number of halogens is 2. The van der Waals surface area contributed by atoms with Crippen molar-refractivity contribution in [3.8, 4) is 0 Å². The summed E-state index contributed by atoms with van der Waals surface area (Å²) in [5.74, 6) is -0.396. The number of aldehydes is 1. The van der Waals surface area contributed by atoms with E-state index in [4.69, 9.17) is 0 Å². The minimum atomic E-state index is -3.30. The first-order valence-corrected chi connectivity index (χ1v) is 8.68. The molecule has 0 fully saturated rings. The molecule has 0 aliphatic carbocycles. The third-order valence-corrected chi connectivity index (χ3v) is 5.36. The standard InChI is InChI=1S/C15H12BrFO3S/c1-21(19,20)14-8-4-12(5-9-14)15(16,10-18)11-2-6-13(17)7-3-11/h2-10H,1H3. The molecule has 0 bridgehead atoms. The number of carbonyl (C=O) groups is 1. The molecule has 0 N–H and O–H groups in total. The van der Waals surface area contributed by atoms with Crippen LogP contribution in [-0.2, 0) is 19.0 Å². The fourth-order valence-corrected chi connectivity index (χ4v) is 3.10. The van der Waals surface area contributed by atoms with Gasteiger partial charge >= 0.3 is 0 Å². The van der Waals surface area contributed by atoms with Gasteiger partial charge in [-0.1, -0.05) is 40.2 Å². The lowest BCUT2D eigenvalue weighted by molar-refractivity contribution is -0.109. The number of alkyl halides is 1. The first-order chi connectivity index (χ1) is 9.77. The summed E-state index contributed by atoms with van der Waals surface area (Å²) in [6.45, 7) is 0. The predicted octanol–water partition coefficient (Wildman–Crippen LogP) is 3.07. The van der Waals surface area contributed by atoms with Gasteiger partial charge in [-0.2, -0.15) is 0 Å². The van der Waals surface area contributed by atoms with Gasteiger partial charge in [0.25, 0.3) is 0 Å². The van der Waals surface area contributed by atoms with E-state index in [0.29, 0.717) is 17.4 Å². The van der Waals surface area contributed by atoms with Crippen molar-refractivity contribution in [1.82, 2.24) is 0 Å². The van der Waals surface area contributed by atoms with E-state index in [1.54, 1.807) is 12.1 Å². The summed E-state index contributed by atoms with van der Waals surface area (Å²) in [7, 11) is -3.30. The van der Waals surface area contributed by atoms with Gasteiger partial charge in [0.15, 0.2) is 9.84 Å². The monoisotopic (exact) mass is 370 g/mol. The molecule has 0 saturated heterocycles. The van der Waals surface area contributed by atoms with Gasteiger partial charge in [0.1, 0.15) is 16.4 Å². The molecule has 6 heteroatoms. The van der Waals surface area contributed by atoms with Gasteiger partial charge in [0.2, 0.25) is 0 Å². The van der Waals surface area contributed by atoms with Crippen molar-refractivity contribution < 1.29 is 17.6 Å². The molecular weight excluding hydrogens is 359 g/mol. The molecule has 0 aliphatic heterocycles. The van der Waals surface area contributed by atoms with Gasteiger partial charge in [-0.3, -0.25) is 0 Å². The molecule has 0 amide bonds. The smallest absolute Gasteiger partial charge is 0.175 e. The molecule has 0 spiro atoms. The Bertz CT molecular complexity index is 755. The molecule has 2 aromatic rings. The number of hydrogen-bond acceptors (Lipinski definition) is 3. The Balaban J connectivity index is 2.50. The van der Waals surface area contributed by atoms with Crippen molar-refractivity contribution in [2.45, 2.75) is 9.22 Å². The summed E-state index contributed by atoms with van der Waals surface area (Å²) in [5.41, 5.74) is 1.13. The van der Waals surface area contributed by atoms with Crippen LogP contribution in [0.3, 0.4) is 0 Å². The topological polar surface area (TPSA) is 51.2 Å². The maximum Gasteiger partial charge on any atom is 0.175 e. The molecule has 110 valence electrons. The van der Waals surface area contributed by atoms with E-state index < -0.39 is 20.0 Å². The number of hydrogen-bond donors (Lipinski definition) is 0. The minimum absolute atomic E-state index is 0.172. The third kappa shape index (κ3) is 3.22. The van der Waals surface area contributed by atoms with Crippen LogP contribution >= 0.6 is 15.9 Å². The average Bonchev–Trinajstić information content (AvgIpc) is 2.46. The summed E-state index contributed by atoms with van der Waals surface area (Å²) in [6.07, 6.45) is 1.80. The lowest BCUT2D eigenvalue weighted by Gasteiger charge is -2.22. The number of benzene rings is 2. The highest BCUT2D eigenvalue weighted by atomic mass is 79.9. The minimum Gasteiger partial charge on any atom is -0.301 e. The zero-order chi connectivity index (χ0) is 15.7. The maximum atomic E-state index is 13.0. The van der Waals surface area contributed by atoms with E-state index in [-0.39, 0.29) is 4.90 Å². The van der Waals surface area contributed by atoms with Crippen molar-refractivity contribution in [2.24, 2.45) is 0 Å². The highest BCUT2D eigenvalue weighted by Gasteiger charge is 2.31. The highest BCUT2D eigenvalue weighted by Crippen LogP contribution is 2.37. The molecule has 0 aromatic heterocycles. The normalized spacial score (nSPS) is 14.4. The fourth-order valence-electron chi connectivity index (χ4n) is 1.94. The van der Waals surface area contributed by atoms with Crippen LogP contribution in [0.5, 0.6) is 0 Å². The van der Waals surface area contributed by atoms with Gasteiger partial charge in [0, 0.05) is 6.26 Å². The van der Waals surface area contributed by atoms with E-state index in [2.05, 4.69) is 15.9 Å². The lowest BCUT2D eigenvalue weighted by Crippen LogP contribution is -2.21. The van der Waals surface area contributed by atoms with Crippen LogP contribution < -0.4 is 0 Å².